The monoisotopic (exact) mass is 293 g/mol. The molecule has 0 saturated carbocycles. The molecule has 0 atom stereocenters. The fourth-order valence-corrected chi connectivity index (χ4v) is 2.21. The van der Waals surface area contributed by atoms with Crippen LogP contribution in [0.15, 0.2) is 36.5 Å². The molecule has 0 aliphatic heterocycles. The average molecular weight is 294 g/mol. The molecule has 0 saturated heterocycles. The third-order valence-electron chi connectivity index (χ3n) is 3.07. The second-order valence-electron chi connectivity index (χ2n) is 4.44. The average Bonchev–Trinajstić information content (AvgIpc) is 2.85. The lowest BCUT2D eigenvalue weighted by atomic mass is 10.2. The number of aromatic nitrogens is 1. The van der Waals surface area contributed by atoms with Gasteiger partial charge in [-0.25, -0.2) is 0 Å². The first-order valence-electron chi connectivity index (χ1n) is 6.39. The van der Waals surface area contributed by atoms with Crippen molar-refractivity contribution in [2.24, 2.45) is 0 Å². The van der Waals surface area contributed by atoms with Crippen molar-refractivity contribution in [3.05, 3.63) is 62.9 Å². The molecular formula is C14H16ClN3O2. The highest BCUT2D eigenvalue weighted by atomic mass is 35.5. The molecule has 0 aliphatic carbocycles. The van der Waals surface area contributed by atoms with Gasteiger partial charge in [-0.05, 0) is 30.3 Å². The maximum atomic E-state index is 10.7. The molecule has 0 radical (unpaired) electrons. The lowest BCUT2D eigenvalue weighted by Crippen LogP contribution is -2.15. The molecule has 20 heavy (non-hydrogen) atoms. The fraction of sp³-hybridized carbons (Fsp3) is 0.286. The van der Waals surface area contributed by atoms with Crippen LogP contribution in [-0.4, -0.2) is 16.0 Å². The van der Waals surface area contributed by atoms with Gasteiger partial charge in [-0.15, -0.1) is 0 Å². The van der Waals surface area contributed by atoms with Crippen LogP contribution in [-0.2, 0) is 13.1 Å². The van der Waals surface area contributed by atoms with E-state index in [0.717, 1.165) is 24.3 Å². The van der Waals surface area contributed by atoms with E-state index in [9.17, 15) is 10.1 Å². The number of nitro benzene ring substituents is 1. The predicted octanol–water partition coefficient (Wildman–Crippen LogP) is 3.21. The van der Waals surface area contributed by atoms with Gasteiger partial charge in [0.1, 0.15) is 0 Å². The first kappa shape index (κ1) is 14.6. The standard InChI is InChI=1S/C14H16ClN3O2/c1-2-16-9-13-4-3-7-17(13)10-11-5-6-12(18(19)20)8-14(11)15/h3-8,16H,2,9-10H2,1H3. The normalized spacial score (nSPS) is 10.7. The highest BCUT2D eigenvalue weighted by molar-refractivity contribution is 6.31. The molecule has 0 fully saturated rings. The van der Waals surface area contributed by atoms with Crippen LogP contribution in [0.1, 0.15) is 18.2 Å². The minimum atomic E-state index is -0.443. The molecule has 1 heterocycles. The Balaban J connectivity index is 2.18. The summed E-state index contributed by atoms with van der Waals surface area (Å²) < 4.78 is 2.08. The second kappa shape index (κ2) is 6.54. The van der Waals surface area contributed by atoms with E-state index in [1.807, 2.05) is 18.3 Å². The molecule has 106 valence electrons. The van der Waals surface area contributed by atoms with Crippen molar-refractivity contribution in [1.82, 2.24) is 9.88 Å². The predicted molar refractivity (Wildman–Crippen MR) is 79.0 cm³/mol. The Morgan fingerprint density at radius 3 is 2.85 bits per heavy atom. The van der Waals surface area contributed by atoms with E-state index < -0.39 is 4.92 Å². The number of nitro groups is 1. The van der Waals surface area contributed by atoms with Gasteiger partial charge in [-0.2, -0.15) is 0 Å². The first-order chi connectivity index (χ1) is 9.61. The summed E-state index contributed by atoms with van der Waals surface area (Å²) in [7, 11) is 0. The van der Waals surface area contributed by atoms with Crippen LogP contribution in [0, 0.1) is 10.1 Å². The van der Waals surface area contributed by atoms with Gasteiger partial charge < -0.3 is 9.88 Å². The molecule has 1 aromatic carbocycles. The van der Waals surface area contributed by atoms with Gasteiger partial charge in [0.15, 0.2) is 0 Å². The topological polar surface area (TPSA) is 60.1 Å². The van der Waals surface area contributed by atoms with Crippen LogP contribution in [0.3, 0.4) is 0 Å². The van der Waals surface area contributed by atoms with Gasteiger partial charge in [0.05, 0.1) is 9.95 Å². The van der Waals surface area contributed by atoms with E-state index >= 15 is 0 Å². The van der Waals surface area contributed by atoms with Crippen molar-refractivity contribution in [2.75, 3.05) is 6.54 Å². The Hall–Kier alpha value is -1.85. The van der Waals surface area contributed by atoms with E-state index in [4.69, 9.17) is 11.6 Å². The van der Waals surface area contributed by atoms with Crippen LogP contribution in [0.2, 0.25) is 5.02 Å². The quantitative estimate of drug-likeness (QED) is 0.657. The van der Waals surface area contributed by atoms with E-state index in [-0.39, 0.29) is 5.69 Å². The van der Waals surface area contributed by atoms with Crippen molar-refractivity contribution >= 4 is 17.3 Å². The number of hydrogen-bond donors (Lipinski definition) is 1. The SMILES string of the molecule is CCNCc1cccn1Cc1ccc([N+](=O)[O-])cc1Cl. The van der Waals surface area contributed by atoms with Crippen molar-refractivity contribution in [3.63, 3.8) is 0 Å². The van der Waals surface area contributed by atoms with Gasteiger partial charge in [-0.3, -0.25) is 10.1 Å². The van der Waals surface area contributed by atoms with E-state index in [0.29, 0.717) is 11.6 Å². The highest BCUT2D eigenvalue weighted by Crippen LogP contribution is 2.23. The first-order valence-corrected chi connectivity index (χ1v) is 6.77. The van der Waals surface area contributed by atoms with E-state index in [1.165, 1.54) is 12.1 Å². The van der Waals surface area contributed by atoms with Crippen LogP contribution in [0.5, 0.6) is 0 Å². The number of rotatable bonds is 6. The number of halogens is 1. The zero-order valence-electron chi connectivity index (χ0n) is 11.2. The second-order valence-corrected chi connectivity index (χ2v) is 4.85. The highest BCUT2D eigenvalue weighted by Gasteiger charge is 2.10. The molecule has 0 amide bonds. The fourth-order valence-electron chi connectivity index (χ4n) is 1.98. The number of nitrogens with zero attached hydrogens (tertiary/aromatic N) is 2. The summed E-state index contributed by atoms with van der Waals surface area (Å²) >= 11 is 6.11. The Morgan fingerprint density at radius 2 is 2.20 bits per heavy atom. The van der Waals surface area contributed by atoms with E-state index in [2.05, 4.69) is 16.8 Å². The van der Waals surface area contributed by atoms with Gasteiger partial charge in [0.2, 0.25) is 0 Å². The van der Waals surface area contributed by atoms with Crippen molar-refractivity contribution in [2.45, 2.75) is 20.0 Å². The van der Waals surface area contributed by atoms with Crippen LogP contribution in [0.4, 0.5) is 5.69 Å². The van der Waals surface area contributed by atoms with Crippen molar-refractivity contribution < 1.29 is 4.92 Å². The third kappa shape index (κ3) is 3.37. The number of hydrogen-bond acceptors (Lipinski definition) is 3. The minimum absolute atomic E-state index is 0.0131. The molecule has 1 N–H and O–H groups in total. The van der Waals surface area contributed by atoms with Gasteiger partial charge >= 0.3 is 0 Å². The lowest BCUT2D eigenvalue weighted by molar-refractivity contribution is -0.384. The molecule has 0 unspecified atom stereocenters. The van der Waals surface area contributed by atoms with Gasteiger partial charge in [0.25, 0.3) is 5.69 Å². The third-order valence-corrected chi connectivity index (χ3v) is 3.42. The number of non-ortho nitro benzene ring substituents is 1. The van der Waals surface area contributed by atoms with Crippen molar-refractivity contribution in [3.8, 4) is 0 Å². The lowest BCUT2D eigenvalue weighted by Gasteiger charge is -2.11. The van der Waals surface area contributed by atoms with Crippen LogP contribution in [0.25, 0.3) is 0 Å². The Kier molecular flexibility index (Phi) is 4.76. The molecule has 0 aliphatic rings. The summed E-state index contributed by atoms with van der Waals surface area (Å²) in [4.78, 5) is 10.2. The summed E-state index contributed by atoms with van der Waals surface area (Å²) in [5.74, 6) is 0. The van der Waals surface area contributed by atoms with E-state index in [1.54, 1.807) is 6.07 Å². The zero-order valence-corrected chi connectivity index (χ0v) is 11.9. The molecule has 6 heteroatoms. The minimum Gasteiger partial charge on any atom is -0.346 e. The Bertz CT molecular complexity index is 610. The zero-order chi connectivity index (χ0) is 14.5. The maximum Gasteiger partial charge on any atom is 0.270 e. The molecule has 1 aromatic heterocycles. The molecular weight excluding hydrogens is 278 g/mol. The van der Waals surface area contributed by atoms with Crippen molar-refractivity contribution in [1.29, 1.82) is 0 Å². The van der Waals surface area contributed by atoms with Gasteiger partial charge in [-0.1, -0.05) is 18.5 Å². The maximum absolute atomic E-state index is 10.7. The molecule has 2 aromatic rings. The molecule has 0 bridgehead atoms. The largest absolute Gasteiger partial charge is 0.346 e. The summed E-state index contributed by atoms with van der Waals surface area (Å²) in [6.45, 7) is 4.35. The van der Waals surface area contributed by atoms with Gasteiger partial charge in [0, 0.05) is 37.1 Å². The smallest absolute Gasteiger partial charge is 0.270 e. The number of benzene rings is 1. The summed E-state index contributed by atoms with van der Waals surface area (Å²) in [5, 5.41) is 14.4. The molecule has 2 rings (SSSR count). The Labute approximate surface area is 122 Å². The number of nitrogens with one attached hydrogen (secondary N) is 1. The van der Waals surface area contributed by atoms with Crippen LogP contribution < -0.4 is 5.32 Å². The van der Waals surface area contributed by atoms with Crippen LogP contribution >= 0.6 is 11.6 Å². The summed E-state index contributed by atoms with van der Waals surface area (Å²) in [6.07, 6.45) is 1.98. The molecule has 5 nitrogen and oxygen atoms in total. The Morgan fingerprint density at radius 1 is 1.40 bits per heavy atom. The molecule has 0 spiro atoms. The summed E-state index contributed by atoms with van der Waals surface area (Å²) in [6, 6.07) is 8.60. The summed E-state index contributed by atoms with van der Waals surface area (Å²) in [5.41, 5.74) is 2.03.